The molecule has 4 aromatic heterocycles. The van der Waals surface area contributed by atoms with Gasteiger partial charge in [0.1, 0.15) is 42.6 Å². The number of aromatic nitrogens is 6. The molecule has 0 atom stereocenters. The second-order valence-electron chi connectivity index (χ2n) is 15.8. The molecule has 0 amide bonds. The van der Waals surface area contributed by atoms with Gasteiger partial charge in [0.15, 0.2) is 11.6 Å². The van der Waals surface area contributed by atoms with Gasteiger partial charge in [0.25, 0.3) is 0 Å². The number of rotatable bonds is 14. The van der Waals surface area contributed by atoms with Crippen LogP contribution in [0.15, 0.2) is 73.1 Å². The average Bonchev–Trinajstić information content (AvgIpc) is 3.76. The first kappa shape index (κ1) is 45.1. The minimum absolute atomic E-state index is 0.00263. The lowest BCUT2D eigenvalue weighted by Gasteiger charge is -2.16. The van der Waals surface area contributed by atoms with E-state index in [2.05, 4.69) is 24.7 Å². The highest BCUT2D eigenvalue weighted by Gasteiger charge is 2.27. The van der Waals surface area contributed by atoms with E-state index in [9.17, 15) is 23.7 Å². The van der Waals surface area contributed by atoms with Gasteiger partial charge in [-0.1, -0.05) is 41.5 Å². The number of hydrogen-bond acceptors (Lipinski definition) is 13. The van der Waals surface area contributed by atoms with Crippen LogP contribution in [0.3, 0.4) is 0 Å². The van der Waals surface area contributed by atoms with Gasteiger partial charge in [-0.15, -0.1) is 0 Å². The molecular formula is C42H47N6O11P. The molecule has 0 saturated carbocycles. The van der Waals surface area contributed by atoms with Gasteiger partial charge < -0.3 is 24.4 Å². The molecule has 0 aliphatic carbocycles. The van der Waals surface area contributed by atoms with Crippen molar-refractivity contribution in [2.75, 3.05) is 14.2 Å². The van der Waals surface area contributed by atoms with Crippen molar-refractivity contribution < 1.29 is 52.6 Å². The van der Waals surface area contributed by atoms with Crippen molar-refractivity contribution in [2.24, 2.45) is 10.8 Å². The number of ketones is 4. The molecule has 0 unspecified atom stereocenters. The molecule has 316 valence electrons. The Kier molecular flexibility index (Phi) is 13.6. The number of pyridine rings is 2. The molecule has 2 aromatic carbocycles. The molecule has 6 aromatic rings. The van der Waals surface area contributed by atoms with Crippen LogP contribution in [-0.2, 0) is 45.0 Å². The summed E-state index contributed by atoms with van der Waals surface area (Å²) in [6.07, 6.45) is 2.71. The Labute approximate surface area is 345 Å². The quantitative estimate of drug-likeness (QED) is 0.0885. The van der Waals surface area contributed by atoms with Crippen molar-refractivity contribution in [1.82, 2.24) is 29.5 Å². The number of nitrogens with zero attached hydrogens (tertiary/aromatic N) is 6. The molecule has 0 saturated heterocycles. The van der Waals surface area contributed by atoms with Gasteiger partial charge in [-0.2, -0.15) is 10.2 Å². The third-order valence-electron chi connectivity index (χ3n) is 9.32. The fraction of sp³-hybridized carbons (Fsp3) is 0.333. The largest absolute Gasteiger partial charge is 0.497 e. The molecule has 4 heterocycles. The second-order valence-corrected chi connectivity index (χ2v) is 17.0. The number of hydrogen-bond donors (Lipinski definition) is 3. The van der Waals surface area contributed by atoms with Crippen molar-refractivity contribution in [3.8, 4) is 11.5 Å². The van der Waals surface area contributed by atoms with E-state index in [-0.39, 0.29) is 59.7 Å². The SMILES string of the molecule is COc1ccc2c(C(=O)c3ccc(CO)nc3)nn(CC(=O)C(C)(C)C)c2c1.COc1ccc2c(C(=O)c3ccc(COP(=O)(O)O)nc3)nn(CC(=O)C(C)(C)C)c2c1. The van der Waals surface area contributed by atoms with Crippen molar-refractivity contribution in [2.45, 2.75) is 67.8 Å². The normalized spacial score (nSPS) is 11.9. The maximum Gasteiger partial charge on any atom is 0.469 e. The molecule has 0 fully saturated rings. The lowest BCUT2D eigenvalue weighted by Crippen LogP contribution is -2.25. The first-order valence-electron chi connectivity index (χ1n) is 18.6. The highest BCUT2D eigenvalue weighted by atomic mass is 31.2. The van der Waals surface area contributed by atoms with E-state index in [0.717, 1.165) is 0 Å². The van der Waals surface area contributed by atoms with Gasteiger partial charge in [-0.25, -0.2) is 4.57 Å². The fourth-order valence-electron chi connectivity index (χ4n) is 5.60. The number of aliphatic hydroxyl groups is 1. The highest BCUT2D eigenvalue weighted by molar-refractivity contribution is 7.46. The van der Waals surface area contributed by atoms with Crippen LogP contribution in [0.25, 0.3) is 21.8 Å². The standard InChI is InChI=1S/C21H24N3O7P.C21H23N3O4/c1-21(2,3)18(25)11-24-17-9-15(30-4)7-8-16(17)19(23-24)20(26)13-5-6-14(22-10-13)12-31-32(27,28)29;1-21(2,3)18(26)11-24-17-9-15(28-4)7-8-16(17)19(23-24)20(27)13-5-6-14(12-25)22-10-13/h5-10H,11-12H2,1-4H3,(H2,27,28,29);5-10,25H,11-12H2,1-4H3. The minimum atomic E-state index is -4.62. The third-order valence-corrected chi connectivity index (χ3v) is 9.79. The molecule has 0 spiro atoms. The number of aliphatic hydroxyl groups excluding tert-OH is 1. The van der Waals surface area contributed by atoms with E-state index < -0.39 is 31.0 Å². The van der Waals surface area contributed by atoms with E-state index >= 15 is 0 Å². The minimum Gasteiger partial charge on any atom is -0.497 e. The summed E-state index contributed by atoms with van der Waals surface area (Å²) < 4.78 is 28.8. The summed E-state index contributed by atoms with van der Waals surface area (Å²) in [5, 5.41) is 19.2. The van der Waals surface area contributed by atoms with Gasteiger partial charge in [0.2, 0.25) is 11.6 Å². The Hall–Kier alpha value is -5.97. The number of phosphoric ester groups is 1. The summed E-state index contributed by atoms with van der Waals surface area (Å²) in [5.74, 6) is 0.445. The molecule has 17 nitrogen and oxygen atoms in total. The topological polar surface area (TPSA) is 235 Å². The van der Waals surface area contributed by atoms with E-state index in [0.29, 0.717) is 44.6 Å². The Bertz CT molecular complexity index is 2600. The van der Waals surface area contributed by atoms with E-state index in [1.807, 2.05) is 41.5 Å². The zero-order valence-corrected chi connectivity index (χ0v) is 35.4. The van der Waals surface area contributed by atoms with Gasteiger partial charge >= 0.3 is 7.82 Å². The Morgan fingerprint density at radius 2 is 1.07 bits per heavy atom. The molecular weight excluding hydrogens is 795 g/mol. The molecule has 0 aliphatic heterocycles. The monoisotopic (exact) mass is 842 g/mol. The predicted octanol–water partition coefficient (Wildman–Crippen LogP) is 5.67. The molecule has 0 radical (unpaired) electrons. The predicted molar refractivity (Wildman–Crippen MR) is 220 cm³/mol. The van der Waals surface area contributed by atoms with Crippen molar-refractivity contribution in [1.29, 1.82) is 0 Å². The maximum atomic E-state index is 13.2. The number of benzene rings is 2. The molecule has 0 bridgehead atoms. The first-order valence-corrected chi connectivity index (χ1v) is 20.1. The lowest BCUT2D eigenvalue weighted by atomic mass is 9.91. The number of carbonyl (C=O) groups is 4. The van der Waals surface area contributed by atoms with Crippen LogP contribution in [-0.4, -0.2) is 81.8 Å². The van der Waals surface area contributed by atoms with Gasteiger partial charge in [-0.05, 0) is 48.5 Å². The van der Waals surface area contributed by atoms with E-state index in [1.165, 1.54) is 36.3 Å². The van der Waals surface area contributed by atoms with Crippen LogP contribution in [0.4, 0.5) is 0 Å². The van der Waals surface area contributed by atoms with Crippen LogP contribution < -0.4 is 9.47 Å². The summed E-state index contributed by atoms with van der Waals surface area (Å²) in [5.41, 5.74) is 1.87. The first-order chi connectivity index (χ1) is 28.1. The second kappa shape index (κ2) is 18.1. The van der Waals surface area contributed by atoms with Crippen LogP contribution in [0.1, 0.15) is 85.0 Å². The number of methoxy groups -OCH3 is 2. The van der Waals surface area contributed by atoms with Crippen LogP contribution in [0.2, 0.25) is 0 Å². The number of fused-ring (bicyclic) bond motifs is 2. The van der Waals surface area contributed by atoms with E-state index in [4.69, 9.17) is 24.4 Å². The van der Waals surface area contributed by atoms with Gasteiger partial charge in [0.05, 0.1) is 43.2 Å². The maximum absolute atomic E-state index is 13.2. The summed E-state index contributed by atoms with van der Waals surface area (Å²) in [7, 11) is -1.54. The van der Waals surface area contributed by atoms with Crippen molar-refractivity contribution in [3.05, 3.63) is 107 Å². The van der Waals surface area contributed by atoms with Crippen molar-refractivity contribution >= 4 is 52.8 Å². The lowest BCUT2D eigenvalue weighted by molar-refractivity contribution is -0.127. The molecule has 3 N–H and O–H groups in total. The summed E-state index contributed by atoms with van der Waals surface area (Å²) in [6, 6.07) is 16.5. The average molecular weight is 843 g/mol. The number of carbonyl (C=O) groups excluding carboxylic acids is 4. The van der Waals surface area contributed by atoms with Crippen molar-refractivity contribution in [3.63, 3.8) is 0 Å². The Morgan fingerprint density at radius 1 is 0.650 bits per heavy atom. The molecule has 0 aliphatic rings. The Balaban J connectivity index is 0.000000230. The summed E-state index contributed by atoms with van der Waals surface area (Å²) >= 11 is 0. The summed E-state index contributed by atoms with van der Waals surface area (Å²) in [4.78, 5) is 77.0. The zero-order valence-electron chi connectivity index (χ0n) is 34.5. The third kappa shape index (κ3) is 10.8. The fourth-order valence-corrected chi connectivity index (χ4v) is 5.90. The molecule has 6 rings (SSSR count). The number of ether oxygens (including phenoxy) is 2. The van der Waals surface area contributed by atoms with E-state index in [1.54, 1.807) is 60.3 Å². The van der Waals surface area contributed by atoms with Gasteiger partial charge in [-0.3, -0.25) is 43.0 Å². The summed E-state index contributed by atoms with van der Waals surface area (Å²) in [6.45, 7) is 10.5. The number of Topliss-reactive ketones (excluding diaryl/α,β-unsaturated/α-hetero) is 2. The van der Waals surface area contributed by atoms with Crippen LogP contribution in [0, 0.1) is 10.8 Å². The van der Waals surface area contributed by atoms with Crippen LogP contribution >= 0.6 is 7.82 Å². The smallest absolute Gasteiger partial charge is 0.469 e. The highest BCUT2D eigenvalue weighted by Crippen LogP contribution is 2.37. The van der Waals surface area contributed by atoms with Crippen LogP contribution in [0.5, 0.6) is 11.5 Å². The zero-order chi connectivity index (χ0) is 44.2. The van der Waals surface area contributed by atoms with Gasteiger partial charge in [0, 0.05) is 57.3 Å². The molecule has 60 heavy (non-hydrogen) atoms. The Morgan fingerprint density at radius 3 is 1.40 bits per heavy atom. The molecule has 18 heteroatoms. The number of phosphoric acid groups is 1.